The van der Waals surface area contributed by atoms with Gasteiger partial charge in [0.1, 0.15) is 6.04 Å². The van der Waals surface area contributed by atoms with Crippen LogP contribution in [0.3, 0.4) is 0 Å². The summed E-state index contributed by atoms with van der Waals surface area (Å²) in [6.45, 7) is 3.29. The Hall–Kier alpha value is -0.950. The lowest BCUT2D eigenvalue weighted by Crippen LogP contribution is -2.50. The molecule has 0 aromatic carbocycles. The second-order valence-electron chi connectivity index (χ2n) is 4.70. The molecular formula is C12H22N2O4S. The lowest BCUT2D eigenvalue weighted by Gasteiger charge is -2.21. The molecule has 0 bridgehead atoms. The van der Waals surface area contributed by atoms with Crippen LogP contribution in [0.15, 0.2) is 0 Å². The van der Waals surface area contributed by atoms with Crippen molar-refractivity contribution < 1.29 is 19.4 Å². The first-order valence-electron chi connectivity index (χ1n) is 6.41. The van der Waals surface area contributed by atoms with Gasteiger partial charge in [-0.1, -0.05) is 0 Å². The number of nitrogens with one attached hydrogen (secondary N) is 2. The van der Waals surface area contributed by atoms with Crippen molar-refractivity contribution in [3.8, 4) is 0 Å². The van der Waals surface area contributed by atoms with Crippen molar-refractivity contribution in [3.05, 3.63) is 0 Å². The first-order chi connectivity index (χ1) is 9.04. The van der Waals surface area contributed by atoms with Crippen LogP contribution in [-0.4, -0.2) is 54.4 Å². The van der Waals surface area contributed by atoms with Gasteiger partial charge in [-0.2, -0.15) is 11.8 Å². The zero-order valence-electron chi connectivity index (χ0n) is 11.3. The van der Waals surface area contributed by atoms with Gasteiger partial charge in [0.15, 0.2) is 0 Å². The highest BCUT2D eigenvalue weighted by molar-refractivity contribution is 7.98. The largest absolute Gasteiger partial charge is 0.480 e. The Kier molecular flexibility index (Phi) is 7.01. The maximum atomic E-state index is 11.8. The minimum absolute atomic E-state index is 0.0162. The van der Waals surface area contributed by atoms with Gasteiger partial charge in [-0.25, -0.2) is 9.59 Å². The lowest BCUT2D eigenvalue weighted by atomic mass is 10.0. The molecule has 3 atom stereocenters. The molecule has 1 aliphatic rings. The summed E-state index contributed by atoms with van der Waals surface area (Å²) < 4.78 is 5.26. The zero-order valence-corrected chi connectivity index (χ0v) is 12.2. The maximum absolute atomic E-state index is 11.8. The van der Waals surface area contributed by atoms with Crippen LogP contribution in [-0.2, 0) is 9.53 Å². The number of hydrogen-bond acceptors (Lipinski definition) is 4. The molecular weight excluding hydrogens is 268 g/mol. The standard InChI is InChI=1S/C12H22N2O4S/c1-8(9-3-5-18-7-9)13-12(17)14-10(11(15)16)4-6-19-2/h8-10H,3-7H2,1-2H3,(H,15,16)(H2,13,14,17). The minimum Gasteiger partial charge on any atom is -0.480 e. The summed E-state index contributed by atoms with van der Waals surface area (Å²) in [6, 6.07) is -1.27. The Morgan fingerprint density at radius 1 is 1.47 bits per heavy atom. The number of carbonyl (C=O) groups excluding carboxylic acids is 1. The number of rotatable bonds is 7. The SMILES string of the molecule is CSCCC(NC(=O)NC(C)C1CCOC1)C(=O)O. The fourth-order valence-corrected chi connectivity index (χ4v) is 2.44. The molecule has 1 fully saturated rings. The summed E-state index contributed by atoms with van der Waals surface area (Å²) in [4.78, 5) is 22.8. The summed E-state index contributed by atoms with van der Waals surface area (Å²) in [5.41, 5.74) is 0. The predicted molar refractivity (Wildman–Crippen MR) is 74.5 cm³/mol. The normalized spacial score (nSPS) is 21.7. The minimum atomic E-state index is -0.999. The van der Waals surface area contributed by atoms with Crippen LogP contribution in [0.5, 0.6) is 0 Å². The Bertz CT molecular complexity index is 308. The van der Waals surface area contributed by atoms with E-state index in [2.05, 4.69) is 10.6 Å². The number of ether oxygens (including phenoxy) is 1. The fraction of sp³-hybridized carbons (Fsp3) is 0.833. The Morgan fingerprint density at radius 2 is 2.21 bits per heavy atom. The Balaban J connectivity index is 2.36. The van der Waals surface area contributed by atoms with Crippen LogP contribution in [0.2, 0.25) is 0 Å². The third-order valence-corrected chi connectivity index (χ3v) is 3.89. The van der Waals surface area contributed by atoms with Gasteiger partial charge < -0.3 is 20.5 Å². The van der Waals surface area contributed by atoms with Crippen molar-refractivity contribution in [3.63, 3.8) is 0 Å². The van der Waals surface area contributed by atoms with Crippen molar-refractivity contribution >= 4 is 23.8 Å². The highest BCUT2D eigenvalue weighted by Gasteiger charge is 2.25. The quantitative estimate of drug-likeness (QED) is 0.649. The summed E-state index contributed by atoms with van der Waals surface area (Å²) >= 11 is 1.56. The zero-order chi connectivity index (χ0) is 14.3. The number of amides is 2. The molecule has 0 saturated carbocycles. The van der Waals surface area contributed by atoms with Gasteiger partial charge in [0.2, 0.25) is 0 Å². The van der Waals surface area contributed by atoms with Crippen molar-refractivity contribution in [2.45, 2.75) is 31.8 Å². The van der Waals surface area contributed by atoms with Crippen LogP contribution in [0.4, 0.5) is 4.79 Å². The number of thioether (sulfide) groups is 1. The van der Waals surface area contributed by atoms with Gasteiger partial charge >= 0.3 is 12.0 Å². The number of aliphatic carboxylic acids is 1. The van der Waals surface area contributed by atoms with E-state index in [9.17, 15) is 9.59 Å². The van der Waals surface area contributed by atoms with E-state index in [-0.39, 0.29) is 6.04 Å². The van der Waals surface area contributed by atoms with Crippen LogP contribution in [0.1, 0.15) is 19.8 Å². The van der Waals surface area contributed by atoms with E-state index in [1.54, 1.807) is 11.8 Å². The highest BCUT2D eigenvalue weighted by Crippen LogP contribution is 2.16. The third-order valence-electron chi connectivity index (χ3n) is 3.24. The highest BCUT2D eigenvalue weighted by atomic mass is 32.2. The predicted octanol–water partition coefficient (Wildman–Crippen LogP) is 0.917. The average Bonchev–Trinajstić information content (AvgIpc) is 2.87. The molecule has 0 spiro atoms. The van der Waals surface area contributed by atoms with Crippen molar-refractivity contribution in [1.82, 2.24) is 10.6 Å². The summed E-state index contributed by atoms with van der Waals surface area (Å²) in [5, 5.41) is 14.3. The third kappa shape index (κ3) is 5.69. The molecule has 0 radical (unpaired) electrons. The molecule has 110 valence electrons. The smallest absolute Gasteiger partial charge is 0.326 e. The molecule has 0 aromatic heterocycles. The van der Waals surface area contributed by atoms with E-state index in [0.717, 1.165) is 13.0 Å². The molecule has 1 heterocycles. The van der Waals surface area contributed by atoms with Crippen molar-refractivity contribution in [2.24, 2.45) is 5.92 Å². The van der Waals surface area contributed by atoms with Crippen molar-refractivity contribution in [1.29, 1.82) is 0 Å². The Morgan fingerprint density at radius 3 is 2.74 bits per heavy atom. The molecule has 1 aliphatic heterocycles. The number of hydrogen-bond donors (Lipinski definition) is 3. The van der Waals surface area contributed by atoms with E-state index in [1.165, 1.54) is 0 Å². The van der Waals surface area contributed by atoms with Crippen LogP contribution in [0, 0.1) is 5.92 Å². The van der Waals surface area contributed by atoms with Gasteiger partial charge in [0.05, 0.1) is 6.61 Å². The van der Waals surface area contributed by atoms with Crippen LogP contribution >= 0.6 is 11.8 Å². The van der Waals surface area contributed by atoms with Gasteiger partial charge in [-0.05, 0) is 31.8 Å². The molecule has 3 unspecified atom stereocenters. The molecule has 1 saturated heterocycles. The van der Waals surface area contributed by atoms with Crippen LogP contribution < -0.4 is 10.6 Å². The average molecular weight is 290 g/mol. The number of urea groups is 1. The van der Waals surface area contributed by atoms with Gasteiger partial charge in [0, 0.05) is 18.6 Å². The number of carboxylic acids is 1. The van der Waals surface area contributed by atoms with Gasteiger partial charge in [-0.15, -0.1) is 0 Å². The second-order valence-corrected chi connectivity index (χ2v) is 5.69. The van der Waals surface area contributed by atoms with Gasteiger partial charge in [0.25, 0.3) is 0 Å². The van der Waals surface area contributed by atoms with Gasteiger partial charge in [-0.3, -0.25) is 0 Å². The fourth-order valence-electron chi connectivity index (χ4n) is 1.96. The topological polar surface area (TPSA) is 87.7 Å². The summed E-state index contributed by atoms with van der Waals surface area (Å²) in [5.74, 6) is 0.00442. The first-order valence-corrected chi connectivity index (χ1v) is 7.80. The lowest BCUT2D eigenvalue weighted by molar-refractivity contribution is -0.139. The summed E-state index contributed by atoms with van der Waals surface area (Å²) in [7, 11) is 0. The van der Waals surface area contributed by atoms with Crippen LogP contribution in [0.25, 0.3) is 0 Å². The molecule has 0 aliphatic carbocycles. The molecule has 19 heavy (non-hydrogen) atoms. The van der Waals surface area contributed by atoms with E-state index in [0.29, 0.717) is 24.7 Å². The van der Waals surface area contributed by atoms with E-state index in [4.69, 9.17) is 9.84 Å². The molecule has 6 nitrogen and oxygen atoms in total. The molecule has 3 N–H and O–H groups in total. The summed E-state index contributed by atoms with van der Waals surface area (Å²) in [6.07, 6.45) is 3.25. The monoisotopic (exact) mass is 290 g/mol. The molecule has 1 rings (SSSR count). The molecule has 7 heteroatoms. The first kappa shape index (κ1) is 16.1. The molecule has 2 amide bonds. The molecule has 0 aromatic rings. The van der Waals surface area contributed by atoms with Crippen molar-refractivity contribution in [2.75, 3.05) is 25.2 Å². The van der Waals surface area contributed by atoms with E-state index in [1.807, 2.05) is 13.2 Å². The van der Waals surface area contributed by atoms with E-state index >= 15 is 0 Å². The Labute approximate surface area is 117 Å². The maximum Gasteiger partial charge on any atom is 0.326 e. The van der Waals surface area contributed by atoms with E-state index < -0.39 is 18.0 Å². The number of carboxylic acid groups (broad SMARTS) is 1. The number of carbonyl (C=O) groups is 2. The second kappa shape index (κ2) is 8.27.